The maximum absolute atomic E-state index is 8.47. The number of para-hydroxylation sites is 1. The second-order valence-electron chi connectivity index (χ2n) is 2.55. The van der Waals surface area contributed by atoms with Crippen molar-refractivity contribution >= 4 is 16.6 Å². The van der Waals surface area contributed by atoms with Crippen LogP contribution in [-0.2, 0) is 0 Å². The van der Waals surface area contributed by atoms with Crippen LogP contribution in [0.25, 0.3) is 5.03 Å². The zero-order valence-corrected chi connectivity index (χ0v) is 8.58. The second kappa shape index (κ2) is 5.31. The van der Waals surface area contributed by atoms with E-state index in [0.29, 0.717) is 17.4 Å². The number of benzene rings is 1. The Kier molecular flexibility index (Phi) is 4.03. The molecule has 1 rings (SSSR count). The van der Waals surface area contributed by atoms with Crippen LogP contribution in [-0.4, -0.2) is 6.61 Å². The average Bonchev–Trinajstić information content (AvgIpc) is 2.19. The first-order valence-corrected chi connectivity index (χ1v) is 4.65. The van der Waals surface area contributed by atoms with E-state index in [1.54, 1.807) is 0 Å². The topological polar surface area (TPSA) is 33.0 Å². The van der Waals surface area contributed by atoms with Gasteiger partial charge in [-0.05, 0) is 19.1 Å². The van der Waals surface area contributed by atoms with Crippen LogP contribution < -0.4 is 4.74 Å². The minimum absolute atomic E-state index is 0.400. The Labute approximate surface area is 88.4 Å². The quantitative estimate of drug-likeness (QED) is 0.714. The number of allylic oxidation sites excluding steroid dienone is 1. The minimum Gasteiger partial charge on any atom is -0.493 e. The van der Waals surface area contributed by atoms with E-state index in [4.69, 9.17) is 21.6 Å². The van der Waals surface area contributed by atoms with Gasteiger partial charge in [-0.3, -0.25) is 0 Å². The first kappa shape index (κ1) is 10.6. The van der Waals surface area contributed by atoms with E-state index < -0.39 is 0 Å². The lowest BCUT2D eigenvalue weighted by molar-refractivity contribution is 0.339. The van der Waals surface area contributed by atoms with Crippen molar-refractivity contribution < 1.29 is 4.74 Å². The Morgan fingerprint density at radius 2 is 2.29 bits per heavy atom. The van der Waals surface area contributed by atoms with Crippen LogP contribution in [0.3, 0.4) is 0 Å². The van der Waals surface area contributed by atoms with E-state index in [0.717, 1.165) is 5.56 Å². The van der Waals surface area contributed by atoms with Crippen molar-refractivity contribution in [3.05, 3.63) is 35.9 Å². The Bertz CT molecular complexity index is 379. The SMILES string of the molecule is CCOc1ccccc1/C(Cl)=C/C#N. The number of hydrogen-bond donors (Lipinski definition) is 0. The lowest BCUT2D eigenvalue weighted by atomic mass is 10.2. The lowest BCUT2D eigenvalue weighted by Crippen LogP contribution is -1.94. The van der Waals surface area contributed by atoms with Crippen molar-refractivity contribution in [1.82, 2.24) is 0 Å². The fourth-order valence-electron chi connectivity index (χ4n) is 1.08. The fraction of sp³-hybridized carbons (Fsp3) is 0.182. The molecule has 0 aliphatic carbocycles. The molecule has 0 unspecified atom stereocenters. The van der Waals surface area contributed by atoms with Gasteiger partial charge in [-0.1, -0.05) is 23.7 Å². The molecule has 0 aliphatic heterocycles. The van der Waals surface area contributed by atoms with Gasteiger partial charge in [0.15, 0.2) is 0 Å². The highest BCUT2D eigenvalue weighted by atomic mass is 35.5. The molecule has 3 heteroatoms. The van der Waals surface area contributed by atoms with Gasteiger partial charge in [-0.25, -0.2) is 0 Å². The van der Waals surface area contributed by atoms with Crippen LogP contribution in [0.2, 0.25) is 0 Å². The van der Waals surface area contributed by atoms with Crippen molar-refractivity contribution in [1.29, 1.82) is 5.26 Å². The molecule has 0 N–H and O–H groups in total. The molecule has 0 fully saturated rings. The van der Waals surface area contributed by atoms with E-state index in [1.807, 2.05) is 37.3 Å². The molecule has 0 atom stereocenters. The normalized spacial score (nSPS) is 10.8. The first-order valence-electron chi connectivity index (χ1n) is 4.27. The Morgan fingerprint density at radius 3 is 2.93 bits per heavy atom. The van der Waals surface area contributed by atoms with Gasteiger partial charge in [0.25, 0.3) is 0 Å². The molecule has 0 saturated carbocycles. The van der Waals surface area contributed by atoms with Gasteiger partial charge in [0.1, 0.15) is 5.75 Å². The Hall–Kier alpha value is -1.46. The van der Waals surface area contributed by atoms with Crippen molar-refractivity contribution in [3.63, 3.8) is 0 Å². The lowest BCUT2D eigenvalue weighted by Gasteiger charge is -2.07. The van der Waals surface area contributed by atoms with Crippen molar-refractivity contribution in [2.75, 3.05) is 6.61 Å². The molecule has 0 bridgehead atoms. The van der Waals surface area contributed by atoms with E-state index in [-0.39, 0.29) is 0 Å². The average molecular weight is 208 g/mol. The summed E-state index contributed by atoms with van der Waals surface area (Å²) in [5, 5.41) is 8.87. The highest BCUT2D eigenvalue weighted by Crippen LogP contribution is 2.28. The predicted molar refractivity (Wildman–Crippen MR) is 57.1 cm³/mol. The first-order chi connectivity index (χ1) is 6.79. The summed E-state index contributed by atoms with van der Waals surface area (Å²) in [7, 11) is 0. The van der Waals surface area contributed by atoms with Gasteiger partial charge in [-0.2, -0.15) is 5.26 Å². The van der Waals surface area contributed by atoms with E-state index in [2.05, 4.69) is 0 Å². The molecule has 0 spiro atoms. The number of ether oxygens (including phenoxy) is 1. The van der Waals surface area contributed by atoms with Gasteiger partial charge < -0.3 is 4.74 Å². The van der Waals surface area contributed by atoms with Crippen LogP contribution in [0.1, 0.15) is 12.5 Å². The molecule has 0 radical (unpaired) electrons. The molecule has 0 aromatic heterocycles. The number of halogens is 1. The Morgan fingerprint density at radius 1 is 1.57 bits per heavy atom. The third-order valence-corrected chi connectivity index (χ3v) is 1.95. The molecule has 2 nitrogen and oxygen atoms in total. The van der Waals surface area contributed by atoms with Crippen molar-refractivity contribution in [2.24, 2.45) is 0 Å². The molecule has 0 aliphatic rings. The standard InChI is InChI=1S/C11H10ClNO/c1-2-14-11-6-4-3-5-9(11)10(12)7-8-13/h3-7H,2H2,1H3/b10-7-. The summed E-state index contributed by atoms with van der Waals surface area (Å²) < 4.78 is 5.37. The zero-order valence-electron chi connectivity index (χ0n) is 7.83. The molecular formula is C11H10ClNO. The molecule has 14 heavy (non-hydrogen) atoms. The molecule has 0 heterocycles. The smallest absolute Gasteiger partial charge is 0.128 e. The van der Waals surface area contributed by atoms with Crippen molar-refractivity contribution in [2.45, 2.75) is 6.92 Å². The van der Waals surface area contributed by atoms with Crippen LogP contribution >= 0.6 is 11.6 Å². The van der Waals surface area contributed by atoms with Gasteiger partial charge in [0, 0.05) is 11.6 Å². The molecule has 0 amide bonds. The third kappa shape index (κ3) is 2.51. The molecule has 72 valence electrons. The Balaban J connectivity index is 3.08. The van der Waals surface area contributed by atoms with Crippen molar-refractivity contribution in [3.8, 4) is 11.8 Å². The van der Waals surface area contributed by atoms with E-state index >= 15 is 0 Å². The maximum Gasteiger partial charge on any atom is 0.128 e. The highest BCUT2D eigenvalue weighted by molar-refractivity contribution is 6.49. The van der Waals surface area contributed by atoms with Gasteiger partial charge in [-0.15, -0.1) is 0 Å². The molecular weight excluding hydrogens is 198 g/mol. The van der Waals surface area contributed by atoms with E-state index in [1.165, 1.54) is 6.08 Å². The summed E-state index contributed by atoms with van der Waals surface area (Å²) in [6, 6.07) is 9.25. The summed E-state index contributed by atoms with van der Waals surface area (Å²) in [5.74, 6) is 0.700. The summed E-state index contributed by atoms with van der Waals surface area (Å²) in [5.41, 5.74) is 0.748. The van der Waals surface area contributed by atoms with Crippen LogP contribution in [0, 0.1) is 11.3 Å². The molecule has 1 aromatic rings. The number of hydrogen-bond acceptors (Lipinski definition) is 2. The number of nitriles is 1. The van der Waals surface area contributed by atoms with Gasteiger partial charge >= 0.3 is 0 Å². The second-order valence-corrected chi connectivity index (χ2v) is 2.96. The summed E-state index contributed by atoms with van der Waals surface area (Å²) >= 11 is 5.91. The predicted octanol–water partition coefficient (Wildman–Crippen LogP) is 3.19. The van der Waals surface area contributed by atoms with Crippen LogP contribution in [0.5, 0.6) is 5.75 Å². The highest BCUT2D eigenvalue weighted by Gasteiger charge is 2.04. The van der Waals surface area contributed by atoms with Crippen LogP contribution in [0.4, 0.5) is 0 Å². The minimum atomic E-state index is 0.400. The molecule has 1 aromatic carbocycles. The van der Waals surface area contributed by atoms with Crippen LogP contribution in [0.15, 0.2) is 30.3 Å². The summed E-state index contributed by atoms with van der Waals surface area (Å²) in [6.45, 7) is 2.48. The fourth-order valence-corrected chi connectivity index (χ4v) is 1.28. The monoisotopic (exact) mass is 207 g/mol. The van der Waals surface area contributed by atoms with E-state index in [9.17, 15) is 0 Å². The number of rotatable bonds is 3. The number of nitrogens with zero attached hydrogens (tertiary/aromatic N) is 1. The third-order valence-electron chi connectivity index (χ3n) is 1.64. The largest absolute Gasteiger partial charge is 0.493 e. The summed E-state index contributed by atoms with van der Waals surface area (Å²) in [4.78, 5) is 0. The van der Waals surface area contributed by atoms with Gasteiger partial charge in [0.05, 0.1) is 17.7 Å². The van der Waals surface area contributed by atoms with Gasteiger partial charge in [0.2, 0.25) is 0 Å². The summed E-state index contributed by atoms with van der Waals surface area (Å²) in [6.07, 6.45) is 1.29. The molecule has 0 saturated heterocycles. The maximum atomic E-state index is 8.47. The zero-order chi connectivity index (χ0) is 10.4.